The second kappa shape index (κ2) is 6.76. The molecular formula is C16H16ClN5S2. The van der Waals surface area contributed by atoms with Crippen molar-refractivity contribution < 1.29 is 0 Å². The van der Waals surface area contributed by atoms with Gasteiger partial charge in [0, 0.05) is 22.5 Å². The van der Waals surface area contributed by atoms with Gasteiger partial charge >= 0.3 is 0 Å². The van der Waals surface area contributed by atoms with Crippen molar-refractivity contribution in [3.63, 3.8) is 0 Å². The Morgan fingerprint density at radius 2 is 2.17 bits per heavy atom. The molecule has 0 unspecified atom stereocenters. The summed E-state index contributed by atoms with van der Waals surface area (Å²) >= 11 is 13.4. The van der Waals surface area contributed by atoms with Gasteiger partial charge in [0.15, 0.2) is 0 Å². The van der Waals surface area contributed by atoms with Crippen LogP contribution in [0.25, 0.3) is 5.69 Å². The maximum atomic E-state index is 6.06. The molecule has 4 rings (SSSR count). The molecule has 0 radical (unpaired) electrons. The minimum Gasteiger partial charge on any atom is -0.276 e. The number of nitrogens with zero attached hydrogens (tertiary/aromatic N) is 5. The van der Waals surface area contributed by atoms with Crippen molar-refractivity contribution in [1.29, 1.82) is 0 Å². The summed E-state index contributed by atoms with van der Waals surface area (Å²) in [4.78, 5) is 3.82. The van der Waals surface area contributed by atoms with Gasteiger partial charge in [-0.1, -0.05) is 23.7 Å². The third-order valence-electron chi connectivity index (χ3n) is 4.24. The van der Waals surface area contributed by atoms with Gasteiger partial charge in [0.25, 0.3) is 0 Å². The molecule has 3 aromatic rings. The second-order valence-corrected chi connectivity index (χ2v) is 7.56. The predicted octanol–water partition coefficient (Wildman–Crippen LogP) is 4.31. The van der Waals surface area contributed by atoms with Crippen molar-refractivity contribution in [3.8, 4) is 5.69 Å². The maximum Gasteiger partial charge on any atom is 0.221 e. The Bertz CT molecular complexity index is 886. The fraction of sp³-hybridized carbons (Fsp3) is 0.312. The summed E-state index contributed by atoms with van der Waals surface area (Å²) in [5, 5.41) is 11.2. The number of halogens is 1. The lowest BCUT2D eigenvalue weighted by Crippen LogP contribution is -2.26. The smallest absolute Gasteiger partial charge is 0.221 e. The molecule has 8 heteroatoms. The third-order valence-corrected chi connectivity index (χ3v) is 5.84. The monoisotopic (exact) mass is 377 g/mol. The Morgan fingerprint density at radius 3 is 2.96 bits per heavy atom. The van der Waals surface area contributed by atoms with Gasteiger partial charge in [-0.05, 0) is 65.1 Å². The van der Waals surface area contributed by atoms with Gasteiger partial charge in [0.1, 0.15) is 0 Å². The summed E-state index contributed by atoms with van der Waals surface area (Å²) in [5.74, 6) is 0. The molecule has 5 nitrogen and oxygen atoms in total. The quantitative estimate of drug-likeness (QED) is 0.635. The summed E-state index contributed by atoms with van der Waals surface area (Å²) in [5.41, 5.74) is 0.829. The van der Waals surface area contributed by atoms with E-state index in [0.717, 1.165) is 12.2 Å². The van der Waals surface area contributed by atoms with Crippen LogP contribution in [0.5, 0.6) is 0 Å². The second-order valence-electron chi connectivity index (χ2n) is 5.78. The number of tetrazole rings is 1. The van der Waals surface area contributed by atoms with Gasteiger partial charge in [0.05, 0.1) is 12.4 Å². The topological polar surface area (TPSA) is 38.9 Å². The molecule has 0 amide bonds. The number of likely N-dealkylation sites (tertiary alicyclic amines) is 1. The minimum atomic E-state index is 0.447. The lowest BCUT2D eigenvalue weighted by atomic mass is 10.2. The van der Waals surface area contributed by atoms with E-state index >= 15 is 0 Å². The first-order valence-electron chi connectivity index (χ1n) is 7.78. The molecule has 0 aliphatic carbocycles. The first kappa shape index (κ1) is 16.0. The minimum absolute atomic E-state index is 0.447. The number of benzene rings is 1. The van der Waals surface area contributed by atoms with E-state index in [9.17, 15) is 0 Å². The molecule has 1 aromatic carbocycles. The van der Waals surface area contributed by atoms with E-state index in [0.29, 0.717) is 22.5 Å². The van der Waals surface area contributed by atoms with Crippen molar-refractivity contribution in [3.05, 3.63) is 56.4 Å². The fourth-order valence-electron chi connectivity index (χ4n) is 3.10. The number of hydrogen-bond acceptors (Lipinski definition) is 5. The van der Waals surface area contributed by atoms with Gasteiger partial charge in [-0.3, -0.25) is 4.90 Å². The molecule has 0 N–H and O–H groups in total. The Morgan fingerprint density at radius 1 is 1.25 bits per heavy atom. The fourth-order valence-corrected chi connectivity index (χ4v) is 4.42. The van der Waals surface area contributed by atoms with Crippen molar-refractivity contribution in [2.75, 3.05) is 6.54 Å². The summed E-state index contributed by atoms with van der Waals surface area (Å²) in [6, 6.07) is 12.2. The van der Waals surface area contributed by atoms with Gasteiger partial charge in [0.2, 0.25) is 4.77 Å². The third kappa shape index (κ3) is 3.04. The molecule has 24 heavy (non-hydrogen) atoms. The number of aromatic nitrogens is 4. The van der Waals surface area contributed by atoms with E-state index in [2.05, 4.69) is 32.8 Å². The van der Waals surface area contributed by atoms with E-state index in [1.54, 1.807) is 9.36 Å². The predicted molar refractivity (Wildman–Crippen MR) is 98.2 cm³/mol. The Hall–Kier alpha value is -1.54. The standard InChI is InChI=1S/C16H16ClN5S2/c17-12-4-1-5-13(10-12)22-16(23)21(18-19-22)11-20-8-2-6-14(20)15-7-3-9-24-15/h1,3-5,7,9-10,14H,2,6,8,11H2/t14-/m0/s1. The van der Waals surface area contributed by atoms with Crippen LogP contribution in [-0.2, 0) is 6.67 Å². The highest BCUT2D eigenvalue weighted by atomic mass is 35.5. The van der Waals surface area contributed by atoms with Crippen LogP contribution in [0.4, 0.5) is 0 Å². The molecule has 1 fully saturated rings. The van der Waals surface area contributed by atoms with E-state index in [4.69, 9.17) is 23.8 Å². The van der Waals surface area contributed by atoms with Crippen molar-refractivity contribution in [2.24, 2.45) is 0 Å². The molecule has 0 spiro atoms. The molecular weight excluding hydrogens is 362 g/mol. The Balaban J connectivity index is 1.59. The van der Waals surface area contributed by atoms with Crippen molar-refractivity contribution in [1.82, 2.24) is 24.7 Å². The molecule has 0 bridgehead atoms. The molecule has 3 heterocycles. The molecule has 1 atom stereocenters. The van der Waals surface area contributed by atoms with Crippen LogP contribution in [0.1, 0.15) is 23.8 Å². The Kier molecular flexibility index (Phi) is 4.49. The van der Waals surface area contributed by atoms with Crippen LogP contribution < -0.4 is 0 Å². The van der Waals surface area contributed by atoms with Crippen molar-refractivity contribution >= 4 is 35.2 Å². The zero-order valence-corrected chi connectivity index (χ0v) is 15.3. The van der Waals surface area contributed by atoms with Gasteiger partial charge in [-0.2, -0.15) is 4.68 Å². The van der Waals surface area contributed by atoms with Crippen LogP contribution in [0.3, 0.4) is 0 Å². The molecule has 1 aliphatic heterocycles. The molecule has 2 aromatic heterocycles. The average Bonchev–Trinajstić information content (AvgIpc) is 3.30. The first-order chi connectivity index (χ1) is 11.7. The largest absolute Gasteiger partial charge is 0.276 e. The highest BCUT2D eigenvalue weighted by Crippen LogP contribution is 2.34. The highest BCUT2D eigenvalue weighted by molar-refractivity contribution is 7.71. The van der Waals surface area contributed by atoms with Crippen LogP contribution >= 0.6 is 35.2 Å². The lowest BCUT2D eigenvalue weighted by molar-refractivity contribution is 0.190. The maximum absolute atomic E-state index is 6.06. The normalized spacial score (nSPS) is 18.3. The summed E-state index contributed by atoms with van der Waals surface area (Å²) in [6.07, 6.45) is 2.37. The molecule has 124 valence electrons. The highest BCUT2D eigenvalue weighted by Gasteiger charge is 2.27. The van der Waals surface area contributed by atoms with Crippen LogP contribution in [0.15, 0.2) is 41.8 Å². The number of hydrogen-bond donors (Lipinski definition) is 0. The van der Waals surface area contributed by atoms with Crippen LogP contribution in [-0.4, -0.2) is 31.2 Å². The van der Waals surface area contributed by atoms with Crippen LogP contribution in [0.2, 0.25) is 5.02 Å². The summed E-state index contributed by atoms with van der Waals surface area (Å²) in [6.45, 7) is 1.70. The van der Waals surface area contributed by atoms with Crippen molar-refractivity contribution in [2.45, 2.75) is 25.6 Å². The number of rotatable bonds is 4. The lowest BCUT2D eigenvalue weighted by Gasteiger charge is -2.22. The van der Waals surface area contributed by atoms with Gasteiger partial charge in [-0.15, -0.1) is 11.3 Å². The average molecular weight is 378 g/mol. The summed E-state index contributed by atoms with van der Waals surface area (Å²) in [7, 11) is 0. The Labute approximate surface area is 154 Å². The summed E-state index contributed by atoms with van der Waals surface area (Å²) < 4.78 is 4.01. The van der Waals surface area contributed by atoms with E-state index in [1.165, 1.54) is 17.7 Å². The zero-order chi connectivity index (χ0) is 16.5. The van der Waals surface area contributed by atoms with Gasteiger partial charge < -0.3 is 0 Å². The zero-order valence-electron chi connectivity index (χ0n) is 12.9. The molecule has 1 aliphatic rings. The van der Waals surface area contributed by atoms with E-state index < -0.39 is 0 Å². The molecule has 1 saturated heterocycles. The molecule has 0 saturated carbocycles. The van der Waals surface area contributed by atoms with Crippen LogP contribution in [0, 0.1) is 4.77 Å². The van der Waals surface area contributed by atoms with Gasteiger partial charge in [-0.25, -0.2) is 4.68 Å². The van der Waals surface area contributed by atoms with E-state index in [-0.39, 0.29) is 0 Å². The first-order valence-corrected chi connectivity index (χ1v) is 9.45. The SMILES string of the molecule is S=c1n(CN2CCC[C@H]2c2cccs2)nnn1-c1cccc(Cl)c1. The van der Waals surface area contributed by atoms with E-state index in [1.807, 2.05) is 35.6 Å². The number of thiophene rings is 1.